The number of benzene rings is 1. The number of aromatic nitrogens is 2. The second-order valence-corrected chi connectivity index (χ2v) is 4.01. The van der Waals surface area contributed by atoms with Crippen LogP contribution in [0.1, 0.15) is 5.82 Å². The van der Waals surface area contributed by atoms with E-state index in [1.807, 2.05) is 0 Å². The molecule has 2 N–H and O–H groups in total. The van der Waals surface area contributed by atoms with Crippen LogP contribution >= 0.6 is 15.9 Å². The Kier molecular flexibility index (Phi) is 3.36. The molecule has 1 aromatic carbocycles. The van der Waals surface area contributed by atoms with Crippen LogP contribution in [0.3, 0.4) is 0 Å². The van der Waals surface area contributed by atoms with E-state index in [1.165, 1.54) is 0 Å². The number of anilines is 1. The van der Waals surface area contributed by atoms with Gasteiger partial charge in [-0.25, -0.2) is 9.97 Å². The summed E-state index contributed by atoms with van der Waals surface area (Å²) in [6.45, 7) is 0.546. The minimum atomic E-state index is 0.254. The fourth-order valence-corrected chi connectivity index (χ4v) is 1.54. The van der Waals surface area contributed by atoms with Gasteiger partial charge in [-0.3, -0.25) is 0 Å². The molecule has 1 heterocycles. The first-order valence-electron chi connectivity index (χ1n) is 4.74. The van der Waals surface area contributed by atoms with Crippen LogP contribution in [0.5, 0.6) is 5.75 Å². The third-order valence-electron chi connectivity index (χ3n) is 1.99. The number of phenolic OH excluding ortho intramolecular Hbond substituents is 1. The van der Waals surface area contributed by atoms with Gasteiger partial charge in [-0.1, -0.05) is 0 Å². The Bertz CT molecular complexity index is 473. The van der Waals surface area contributed by atoms with Crippen LogP contribution in [-0.4, -0.2) is 15.1 Å². The summed E-state index contributed by atoms with van der Waals surface area (Å²) in [5, 5.41) is 12.3. The van der Waals surface area contributed by atoms with E-state index in [2.05, 4.69) is 31.2 Å². The van der Waals surface area contributed by atoms with E-state index in [1.54, 1.807) is 36.5 Å². The van der Waals surface area contributed by atoms with E-state index < -0.39 is 0 Å². The average Bonchev–Trinajstić information content (AvgIpc) is 2.28. The minimum Gasteiger partial charge on any atom is -0.508 e. The van der Waals surface area contributed by atoms with E-state index in [0.717, 1.165) is 10.3 Å². The van der Waals surface area contributed by atoms with E-state index in [-0.39, 0.29) is 5.75 Å². The Morgan fingerprint density at radius 3 is 2.62 bits per heavy atom. The molecule has 0 saturated carbocycles. The fourth-order valence-electron chi connectivity index (χ4n) is 1.22. The summed E-state index contributed by atoms with van der Waals surface area (Å²) in [6, 6.07) is 8.64. The predicted octanol–water partition coefficient (Wildman–Crippen LogP) is 2.56. The van der Waals surface area contributed by atoms with Crippen molar-refractivity contribution in [2.75, 3.05) is 5.32 Å². The van der Waals surface area contributed by atoms with Crippen molar-refractivity contribution >= 4 is 21.6 Å². The standard InChI is InChI=1S/C11H10BrN3O/c12-10-5-6-13-11(15-10)7-14-8-1-3-9(16)4-2-8/h1-6,14,16H,7H2. The summed E-state index contributed by atoms with van der Waals surface area (Å²) in [5.74, 6) is 0.965. The van der Waals surface area contributed by atoms with Gasteiger partial charge < -0.3 is 10.4 Å². The van der Waals surface area contributed by atoms with Gasteiger partial charge in [0, 0.05) is 11.9 Å². The van der Waals surface area contributed by atoms with Crippen molar-refractivity contribution in [2.45, 2.75) is 6.54 Å². The molecule has 5 heteroatoms. The molecule has 0 amide bonds. The number of rotatable bonds is 3. The van der Waals surface area contributed by atoms with Crippen molar-refractivity contribution in [3.63, 3.8) is 0 Å². The Labute approximate surface area is 102 Å². The van der Waals surface area contributed by atoms with Crippen molar-refractivity contribution in [3.8, 4) is 5.75 Å². The molecule has 0 aliphatic heterocycles. The van der Waals surface area contributed by atoms with Gasteiger partial charge in [0.2, 0.25) is 0 Å². The van der Waals surface area contributed by atoms with E-state index >= 15 is 0 Å². The maximum absolute atomic E-state index is 9.12. The number of aromatic hydroxyl groups is 1. The van der Waals surface area contributed by atoms with E-state index in [9.17, 15) is 0 Å². The lowest BCUT2D eigenvalue weighted by Crippen LogP contribution is -2.03. The zero-order valence-electron chi connectivity index (χ0n) is 8.39. The number of halogens is 1. The van der Waals surface area contributed by atoms with Gasteiger partial charge >= 0.3 is 0 Å². The van der Waals surface area contributed by atoms with Crippen LogP contribution in [0, 0.1) is 0 Å². The summed E-state index contributed by atoms with van der Waals surface area (Å²) >= 11 is 3.29. The van der Waals surface area contributed by atoms with Gasteiger partial charge in [-0.2, -0.15) is 0 Å². The van der Waals surface area contributed by atoms with Crippen molar-refractivity contribution in [1.82, 2.24) is 9.97 Å². The highest BCUT2D eigenvalue weighted by Crippen LogP contribution is 2.14. The highest BCUT2D eigenvalue weighted by atomic mass is 79.9. The van der Waals surface area contributed by atoms with Gasteiger partial charge in [0.05, 0.1) is 6.54 Å². The molecule has 2 rings (SSSR count). The van der Waals surface area contributed by atoms with Crippen LogP contribution in [0.25, 0.3) is 0 Å². The van der Waals surface area contributed by atoms with Crippen LogP contribution in [0.15, 0.2) is 41.1 Å². The molecule has 0 fully saturated rings. The summed E-state index contributed by atoms with van der Waals surface area (Å²) < 4.78 is 0.769. The molecule has 4 nitrogen and oxygen atoms in total. The second-order valence-electron chi connectivity index (χ2n) is 3.20. The number of phenols is 1. The molecular weight excluding hydrogens is 270 g/mol. The van der Waals surface area contributed by atoms with Crippen molar-refractivity contribution in [1.29, 1.82) is 0 Å². The quantitative estimate of drug-likeness (QED) is 0.670. The summed E-state index contributed by atoms with van der Waals surface area (Å²) in [4.78, 5) is 8.32. The molecule has 0 atom stereocenters. The summed E-state index contributed by atoms with van der Waals surface area (Å²) in [5.41, 5.74) is 0.918. The van der Waals surface area contributed by atoms with Crippen molar-refractivity contribution in [2.24, 2.45) is 0 Å². The van der Waals surface area contributed by atoms with Gasteiger partial charge in [0.1, 0.15) is 16.2 Å². The number of nitrogens with zero attached hydrogens (tertiary/aromatic N) is 2. The highest BCUT2D eigenvalue weighted by Gasteiger charge is 1.97. The molecule has 0 aliphatic rings. The van der Waals surface area contributed by atoms with Crippen molar-refractivity contribution in [3.05, 3.63) is 47.0 Å². The van der Waals surface area contributed by atoms with Crippen LogP contribution in [0.4, 0.5) is 5.69 Å². The Morgan fingerprint density at radius 2 is 1.94 bits per heavy atom. The SMILES string of the molecule is Oc1ccc(NCc2nccc(Br)n2)cc1. The molecule has 1 aromatic heterocycles. The summed E-state index contributed by atoms with van der Waals surface area (Å²) in [7, 11) is 0. The van der Waals surface area contributed by atoms with Crippen LogP contribution in [-0.2, 0) is 6.54 Å². The Hall–Kier alpha value is -1.62. The normalized spacial score (nSPS) is 10.1. The molecule has 0 saturated heterocycles. The zero-order valence-corrected chi connectivity index (χ0v) is 9.98. The van der Waals surface area contributed by atoms with Crippen molar-refractivity contribution < 1.29 is 5.11 Å². The first kappa shape index (κ1) is 10.9. The topological polar surface area (TPSA) is 58.0 Å². The lowest BCUT2D eigenvalue weighted by atomic mass is 10.3. The average molecular weight is 280 g/mol. The van der Waals surface area contributed by atoms with Crippen LogP contribution < -0.4 is 5.32 Å². The molecule has 0 unspecified atom stereocenters. The molecule has 0 aliphatic carbocycles. The third-order valence-corrected chi connectivity index (χ3v) is 2.43. The third kappa shape index (κ3) is 2.93. The molecule has 82 valence electrons. The van der Waals surface area contributed by atoms with Crippen LogP contribution in [0.2, 0.25) is 0 Å². The molecular formula is C11H10BrN3O. The number of nitrogens with one attached hydrogen (secondary N) is 1. The van der Waals surface area contributed by atoms with Gasteiger partial charge in [-0.15, -0.1) is 0 Å². The Morgan fingerprint density at radius 1 is 1.19 bits per heavy atom. The first-order valence-corrected chi connectivity index (χ1v) is 5.54. The molecule has 2 aromatic rings. The monoisotopic (exact) mass is 279 g/mol. The number of hydrogen-bond acceptors (Lipinski definition) is 4. The lowest BCUT2D eigenvalue weighted by molar-refractivity contribution is 0.475. The van der Waals surface area contributed by atoms with Gasteiger partial charge in [0.25, 0.3) is 0 Å². The smallest absolute Gasteiger partial charge is 0.148 e. The highest BCUT2D eigenvalue weighted by molar-refractivity contribution is 9.10. The van der Waals surface area contributed by atoms with Gasteiger partial charge in [-0.05, 0) is 46.3 Å². The molecule has 0 spiro atoms. The molecule has 16 heavy (non-hydrogen) atoms. The molecule has 0 bridgehead atoms. The minimum absolute atomic E-state index is 0.254. The lowest BCUT2D eigenvalue weighted by Gasteiger charge is -2.05. The molecule has 0 radical (unpaired) electrons. The fraction of sp³-hybridized carbons (Fsp3) is 0.0909. The zero-order chi connectivity index (χ0) is 11.4. The summed E-state index contributed by atoms with van der Waals surface area (Å²) in [6.07, 6.45) is 1.70. The second kappa shape index (κ2) is 4.94. The Balaban J connectivity index is 1.99. The van der Waals surface area contributed by atoms with Gasteiger partial charge in [0.15, 0.2) is 0 Å². The van der Waals surface area contributed by atoms with E-state index in [0.29, 0.717) is 12.4 Å². The van der Waals surface area contributed by atoms with E-state index in [4.69, 9.17) is 5.11 Å². The predicted molar refractivity (Wildman–Crippen MR) is 65.2 cm³/mol. The number of hydrogen-bond donors (Lipinski definition) is 2. The maximum atomic E-state index is 9.12. The maximum Gasteiger partial charge on any atom is 0.148 e. The largest absolute Gasteiger partial charge is 0.508 e. The first-order chi connectivity index (χ1) is 7.74.